The number of rotatable bonds is 3. The molecule has 1 aliphatic rings. The van der Waals surface area contributed by atoms with Crippen LogP contribution < -0.4 is 0 Å². The van der Waals surface area contributed by atoms with Crippen molar-refractivity contribution in [3.63, 3.8) is 0 Å². The Kier molecular flexibility index (Phi) is 3.97. The summed E-state index contributed by atoms with van der Waals surface area (Å²) in [6, 6.07) is 19.3. The molecule has 2 aromatic carbocycles. The molecule has 0 saturated carbocycles. The quantitative estimate of drug-likeness (QED) is 0.618. The molecule has 0 aromatic heterocycles. The SMILES string of the molecule is O=C(/C=C1\OCC\C1=C/c1ccccc1)c1ccccc1. The van der Waals surface area contributed by atoms with E-state index in [9.17, 15) is 4.79 Å². The van der Waals surface area contributed by atoms with E-state index in [0.717, 1.165) is 17.6 Å². The van der Waals surface area contributed by atoms with Crippen LogP contribution in [0.15, 0.2) is 78.1 Å². The molecular formula is C19H16O2. The number of allylic oxidation sites excluding steroid dienone is 2. The van der Waals surface area contributed by atoms with Crippen molar-refractivity contribution >= 4 is 11.9 Å². The van der Waals surface area contributed by atoms with E-state index in [1.165, 1.54) is 0 Å². The summed E-state index contributed by atoms with van der Waals surface area (Å²) < 4.78 is 5.60. The first kappa shape index (κ1) is 13.4. The maximum absolute atomic E-state index is 12.2. The lowest BCUT2D eigenvalue weighted by molar-refractivity contribution is 0.104. The molecule has 0 unspecified atom stereocenters. The van der Waals surface area contributed by atoms with Crippen LogP contribution in [0.2, 0.25) is 0 Å². The van der Waals surface area contributed by atoms with Crippen LogP contribution in [-0.2, 0) is 4.74 Å². The second-order valence-corrected chi connectivity index (χ2v) is 4.92. The Hall–Kier alpha value is -2.61. The van der Waals surface area contributed by atoms with Crippen molar-refractivity contribution in [2.75, 3.05) is 6.61 Å². The average Bonchev–Trinajstić information content (AvgIpc) is 2.96. The van der Waals surface area contributed by atoms with Crippen LogP contribution in [0.25, 0.3) is 6.08 Å². The van der Waals surface area contributed by atoms with Crippen LogP contribution in [0.3, 0.4) is 0 Å². The number of hydrogen-bond acceptors (Lipinski definition) is 2. The van der Waals surface area contributed by atoms with E-state index in [1.54, 1.807) is 6.08 Å². The highest BCUT2D eigenvalue weighted by atomic mass is 16.5. The molecule has 104 valence electrons. The smallest absolute Gasteiger partial charge is 0.189 e. The molecule has 0 radical (unpaired) electrons. The third-order valence-corrected chi connectivity index (χ3v) is 3.41. The van der Waals surface area contributed by atoms with E-state index >= 15 is 0 Å². The largest absolute Gasteiger partial charge is 0.493 e. The maximum Gasteiger partial charge on any atom is 0.189 e. The molecule has 2 aromatic rings. The van der Waals surface area contributed by atoms with Gasteiger partial charge in [-0.2, -0.15) is 0 Å². The third kappa shape index (κ3) is 3.29. The maximum atomic E-state index is 12.2. The number of carbonyl (C=O) groups is 1. The van der Waals surface area contributed by atoms with Crippen molar-refractivity contribution in [1.82, 2.24) is 0 Å². The van der Waals surface area contributed by atoms with Gasteiger partial charge < -0.3 is 4.74 Å². The molecule has 21 heavy (non-hydrogen) atoms. The summed E-state index contributed by atoms with van der Waals surface area (Å²) in [6.07, 6.45) is 4.51. The lowest BCUT2D eigenvalue weighted by atomic mass is 10.1. The first-order valence-corrected chi connectivity index (χ1v) is 7.03. The molecule has 0 spiro atoms. The fraction of sp³-hybridized carbons (Fsp3) is 0.105. The van der Waals surface area contributed by atoms with E-state index in [0.29, 0.717) is 17.9 Å². The van der Waals surface area contributed by atoms with Gasteiger partial charge in [-0.05, 0) is 17.2 Å². The number of ketones is 1. The Morgan fingerprint density at radius 3 is 2.33 bits per heavy atom. The average molecular weight is 276 g/mol. The summed E-state index contributed by atoms with van der Waals surface area (Å²) in [5.41, 5.74) is 2.88. The monoisotopic (exact) mass is 276 g/mol. The number of benzene rings is 2. The minimum atomic E-state index is -0.0218. The molecule has 0 bridgehead atoms. The molecule has 1 fully saturated rings. The zero-order valence-corrected chi connectivity index (χ0v) is 11.7. The first-order valence-electron chi connectivity index (χ1n) is 7.03. The van der Waals surface area contributed by atoms with Crippen molar-refractivity contribution < 1.29 is 9.53 Å². The summed E-state index contributed by atoms with van der Waals surface area (Å²) in [4.78, 5) is 12.2. The Morgan fingerprint density at radius 1 is 0.952 bits per heavy atom. The second-order valence-electron chi connectivity index (χ2n) is 4.92. The van der Waals surface area contributed by atoms with Crippen LogP contribution >= 0.6 is 0 Å². The number of hydrogen-bond donors (Lipinski definition) is 0. The van der Waals surface area contributed by atoms with Crippen LogP contribution in [0, 0.1) is 0 Å². The van der Waals surface area contributed by atoms with Gasteiger partial charge in [-0.25, -0.2) is 0 Å². The second kappa shape index (κ2) is 6.23. The highest BCUT2D eigenvalue weighted by Gasteiger charge is 2.17. The van der Waals surface area contributed by atoms with Gasteiger partial charge >= 0.3 is 0 Å². The van der Waals surface area contributed by atoms with Gasteiger partial charge in [-0.15, -0.1) is 0 Å². The summed E-state index contributed by atoms with van der Waals surface area (Å²) in [6.45, 7) is 0.632. The van der Waals surface area contributed by atoms with Gasteiger partial charge in [0.1, 0.15) is 5.76 Å². The van der Waals surface area contributed by atoms with Crippen molar-refractivity contribution in [3.8, 4) is 0 Å². The van der Waals surface area contributed by atoms with Gasteiger partial charge in [0.25, 0.3) is 0 Å². The summed E-state index contributed by atoms with van der Waals surface area (Å²) in [7, 11) is 0. The Bertz CT molecular complexity index is 682. The molecule has 3 rings (SSSR count). The molecule has 0 aliphatic carbocycles. The summed E-state index contributed by atoms with van der Waals surface area (Å²) in [5.74, 6) is 0.666. The topological polar surface area (TPSA) is 26.3 Å². The van der Waals surface area contributed by atoms with E-state index in [-0.39, 0.29) is 5.78 Å². The van der Waals surface area contributed by atoms with E-state index in [2.05, 4.69) is 6.08 Å². The highest BCUT2D eigenvalue weighted by molar-refractivity contribution is 6.05. The number of ether oxygens (including phenoxy) is 1. The van der Waals surface area contributed by atoms with Gasteiger partial charge in [0.15, 0.2) is 5.78 Å². The van der Waals surface area contributed by atoms with Gasteiger partial charge in [0.2, 0.25) is 0 Å². The van der Waals surface area contributed by atoms with Crippen molar-refractivity contribution in [2.45, 2.75) is 6.42 Å². The molecule has 1 aliphatic heterocycles. The minimum Gasteiger partial charge on any atom is -0.493 e. The normalized spacial score (nSPS) is 17.9. The zero-order chi connectivity index (χ0) is 14.5. The Balaban J connectivity index is 1.86. The minimum absolute atomic E-state index is 0.0218. The van der Waals surface area contributed by atoms with Gasteiger partial charge in [-0.3, -0.25) is 4.79 Å². The fourth-order valence-corrected chi connectivity index (χ4v) is 2.32. The fourth-order valence-electron chi connectivity index (χ4n) is 2.32. The molecule has 1 heterocycles. The van der Waals surface area contributed by atoms with Crippen LogP contribution in [-0.4, -0.2) is 12.4 Å². The van der Waals surface area contributed by atoms with Gasteiger partial charge in [-0.1, -0.05) is 60.7 Å². The van der Waals surface area contributed by atoms with Gasteiger partial charge in [0.05, 0.1) is 6.61 Å². The van der Waals surface area contributed by atoms with Crippen molar-refractivity contribution in [1.29, 1.82) is 0 Å². The Morgan fingerprint density at radius 2 is 1.62 bits per heavy atom. The predicted octanol–water partition coefficient (Wildman–Crippen LogP) is 4.26. The van der Waals surface area contributed by atoms with Crippen LogP contribution in [0.5, 0.6) is 0 Å². The van der Waals surface area contributed by atoms with E-state index < -0.39 is 0 Å². The first-order chi connectivity index (χ1) is 10.3. The summed E-state index contributed by atoms with van der Waals surface area (Å²) in [5, 5.41) is 0. The molecule has 2 heteroatoms. The van der Waals surface area contributed by atoms with Crippen molar-refractivity contribution in [2.24, 2.45) is 0 Å². The summed E-state index contributed by atoms with van der Waals surface area (Å²) >= 11 is 0. The Labute approximate surface area is 124 Å². The molecule has 0 amide bonds. The standard InChI is InChI=1S/C19H16O2/c20-18(16-9-5-2-6-10-16)14-19-17(11-12-21-19)13-15-7-3-1-4-8-15/h1-10,13-14H,11-12H2/b17-13+,19-14-. The molecular weight excluding hydrogens is 260 g/mol. The zero-order valence-electron chi connectivity index (χ0n) is 11.7. The lowest BCUT2D eigenvalue weighted by Gasteiger charge is -2.01. The molecule has 2 nitrogen and oxygen atoms in total. The van der Waals surface area contributed by atoms with Crippen LogP contribution in [0.1, 0.15) is 22.3 Å². The third-order valence-electron chi connectivity index (χ3n) is 3.41. The molecule has 0 N–H and O–H groups in total. The molecule has 1 saturated heterocycles. The van der Waals surface area contributed by atoms with E-state index in [4.69, 9.17) is 4.74 Å². The van der Waals surface area contributed by atoms with Crippen molar-refractivity contribution in [3.05, 3.63) is 89.2 Å². The molecule has 0 atom stereocenters. The number of carbonyl (C=O) groups excluding carboxylic acids is 1. The predicted molar refractivity (Wildman–Crippen MR) is 83.8 cm³/mol. The van der Waals surface area contributed by atoms with Gasteiger partial charge in [0, 0.05) is 18.1 Å². The lowest BCUT2D eigenvalue weighted by Crippen LogP contribution is -1.96. The van der Waals surface area contributed by atoms with Crippen LogP contribution in [0.4, 0.5) is 0 Å². The van der Waals surface area contributed by atoms with E-state index in [1.807, 2.05) is 60.7 Å². The highest BCUT2D eigenvalue weighted by Crippen LogP contribution is 2.26.